The predicted octanol–water partition coefficient (Wildman–Crippen LogP) is 2.84. The van der Waals surface area contributed by atoms with Crippen molar-refractivity contribution in [3.63, 3.8) is 0 Å². The number of aryl methyl sites for hydroxylation is 1. The predicted molar refractivity (Wildman–Crippen MR) is 86.9 cm³/mol. The Kier molecular flexibility index (Phi) is 5.80. The van der Waals surface area contributed by atoms with Gasteiger partial charge in [-0.2, -0.15) is 0 Å². The summed E-state index contributed by atoms with van der Waals surface area (Å²) in [5, 5.41) is 0. The first-order chi connectivity index (χ1) is 10.1. The lowest BCUT2D eigenvalue weighted by molar-refractivity contribution is -0.134. The van der Waals surface area contributed by atoms with Gasteiger partial charge in [0.15, 0.2) is 0 Å². The highest BCUT2D eigenvalue weighted by Crippen LogP contribution is 2.24. The molecule has 0 spiro atoms. The third kappa shape index (κ3) is 4.57. The van der Waals surface area contributed by atoms with Gasteiger partial charge in [-0.15, -0.1) is 0 Å². The average Bonchev–Trinajstić information content (AvgIpc) is 2.53. The minimum absolute atomic E-state index is 0.133. The molecule has 1 heterocycles. The smallest absolute Gasteiger partial charge is 0.239 e. The van der Waals surface area contributed by atoms with Crippen LogP contribution in [0.3, 0.4) is 0 Å². The molecule has 1 unspecified atom stereocenters. The van der Waals surface area contributed by atoms with Gasteiger partial charge < -0.3 is 10.6 Å². The van der Waals surface area contributed by atoms with E-state index in [1.54, 1.807) is 0 Å². The van der Waals surface area contributed by atoms with E-state index in [-0.39, 0.29) is 11.9 Å². The second-order valence-corrected chi connectivity index (χ2v) is 6.54. The highest BCUT2D eigenvalue weighted by molar-refractivity contribution is 5.81. The molecule has 0 saturated carbocycles. The quantitative estimate of drug-likeness (QED) is 0.905. The van der Waals surface area contributed by atoms with Crippen LogP contribution in [-0.4, -0.2) is 29.9 Å². The number of piperidine rings is 1. The molecule has 1 aromatic carbocycles. The van der Waals surface area contributed by atoms with Gasteiger partial charge >= 0.3 is 0 Å². The number of nitrogens with zero attached hydrogens (tertiary/aromatic N) is 1. The van der Waals surface area contributed by atoms with Gasteiger partial charge in [-0.05, 0) is 43.1 Å². The fraction of sp³-hybridized carbons (Fsp3) is 0.611. The van der Waals surface area contributed by atoms with E-state index in [4.69, 9.17) is 5.73 Å². The standard InChI is InChI=1S/C18H28N2O/c1-14(2)16-10-12-20(13-11-16)18(21)17(19)9-8-15-6-4-3-5-7-15/h3-7,14,16-17H,8-13,19H2,1-2H3. The zero-order valence-electron chi connectivity index (χ0n) is 13.3. The fourth-order valence-electron chi connectivity index (χ4n) is 3.11. The second-order valence-electron chi connectivity index (χ2n) is 6.54. The van der Waals surface area contributed by atoms with Crippen LogP contribution in [0.25, 0.3) is 0 Å². The average molecular weight is 288 g/mol. The molecule has 21 heavy (non-hydrogen) atoms. The van der Waals surface area contributed by atoms with E-state index in [1.165, 1.54) is 5.56 Å². The van der Waals surface area contributed by atoms with Crippen molar-refractivity contribution in [3.8, 4) is 0 Å². The molecule has 1 aliphatic rings. The number of hydrogen-bond donors (Lipinski definition) is 1. The molecule has 1 fully saturated rings. The molecule has 0 bridgehead atoms. The summed E-state index contributed by atoms with van der Waals surface area (Å²) in [5.41, 5.74) is 7.35. The summed E-state index contributed by atoms with van der Waals surface area (Å²) in [5.74, 6) is 1.61. The first-order valence-corrected chi connectivity index (χ1v) is 8.16. The van der Waals surface area contributed by atoms with Crippen LogP contribution < -0.4 is 5.73 Å². The molecule has 2 N–H and O–H groups in total. The molecule has 1 amide bonds. The summed E-state index contributed by atoms with van der Waals surface area (Å²) in [6, 6.07) is 9.88. The third-order valence-corrected chi connectivity index (χ3v) is 4.70. The van der Waals surface area contributed by atoms with Crippen LogP contribution in [-0.2, 0) is 11.2 Å². The highest BCUT2D eigenvalue weighted by atomic mass is 16.2. The van der Waals surface area contributed by atoms with Gasteiger partial charge in [-0.25, -0.2) is 0 Å². The Morgan fingerprint density at radius 1 is 1.24 bits per heavy atom. The summed E-state index contributed by atoms with van der Waals surface area (Å²) in [4.78, 5) is 14.4. The maximum Gasteiger partial charge on any atom is 0.239 e. The highest BCUT2D eigenvalue weighted by Gasteiger charge is 2.27. The van der Waals surface area contributed by atoms with E-state index in [2.05, 4.69) is 26.0 Å². The number of benzene rings is 1. The molecule has 1 atom stereocenters. The molecule has 3 nitrogen and oxygen atoms in total. The van der Waals surface area contributed by atoms with Gasteiger partial charge in [0, 0.05) is 13.1 Å². The van der Waals surface area contributed by atoms with Gasteiger partial charge in [-0.1, -0.05) is 44.2 Å². The minimum Gasteiger partial charge on any atom is -0.341 e. The lowest BCUT2D eigenvalue weighted by atomic mass is 9.86. The van der Waals surface area contributed by atoms with E-state index in [0.717, 1.165) is 44.7 Å². The normalized spacial score (nSPS) is 18.0. The Bertz CT molecular complexity index is 436. The topological polar surface area (TPSA) is 46.3 Å². The lowest BCUT2D eigenvalue weighted by Crippen LogP contribution is -2.47. The Morgan fingerprint density at radius 3 is 2.43 bits per heavy atom. The molecule has 0 aliphatic carbocycles. The molecule has 0 radical (unpaired) electrons. The molecule has 1 aromatic rings. The van der Waals surface area contributed by atoms with Gasteiger partial charge in [-0.3, -0.25) is 4.79 Å². The second kappa shape index (κ2) is 7.60. The molecule has 3 heteroatoms. The van der Waals surface area contributed by atoms with Gasteiger partial charge in [0.2, 0.25) is 5.91 Å². The molecular weight excluding hydrogens is 260 g/mol. The zero-order chi connectivity index (χ0) is 15.2. The van der Waals surface area contributed by atoms with Crippen LogP contribution in [0.15, 0.2) is 30.3 Å². The number of nitrogens with two attached hydrogens (primary N) is 1. The van der Waals surface area contributed by atoms with Crippen LogP contribution in [0.5, 0.6) is 0 Å². The summed E-state index contributed by atoms with van der Waals surface area (Å²) < 4.78 is 0. The van der Waals surface area contributed by atoms with Crippen LogP contribution in [0.1, 0.15) is 38.7 Å². The number of likely N-dealkylation sites (tertiary alicyclic amines) is 1. The summed E-state index contributed by atoms with van der Waals surface area (Å²) >= 11 is 0. The van der Waals surface area contributed by atoms with Crippen LogP contribution in [0, 0.1) is 11.8 Å². The van der Waals surface area contributed by atoms with E-state index in [9.17, 15) is 4.79 Å². The largest absolute Gasteiger partial charge is 0.341 e. The summed E-state index contributed by atoms with van der Waals surface area (Å²) in [6.07, 6.45) is 3.84. The van der Waals surface area contributed by atoms with Gasteiger partial charge in [0.1, 0.15) is 0 Å². The van der Waals surface area contributed by atoms with Crippen molar-refractivity contribution in [1.82, 2.24) is 4.90 Å². The Hall–Kier alpha value is -1.35. The van der Waals surface area contributed by atoms with Gasteiger partial charge in [0.05, 0.1) is 6.04 Å². The first kappa shape index (κ1) is 16.0. The Labute approximate surface area is 128 Å². The molecule has 116 valence electrons. The number of carbonyl (C=O) groups is 1. The van der Waals surface area contributed by atoms with Crippen molar-refractivity contribution in [3.05, 3.63) is 35.9 Å². The van der Waals surface area contributed by atoms with E-state index in [0.29, 0.717) is 5.92 Å². The van der Waals surface area contributed by atoms with Crippen molar-refractivity contribution in [2.24, 2.45) is 17.6 Å². The fourth-order valence-corrected chi connectivity index (χ4v) is 3.11. The maximum absolute atomic E-state index is 12.4. The lowest BCUT2D eigenvalue weighted by Gasteiger charge is -2.35. The van der Waals surface area contributed by atoms with Crippen molar-refractivity contribution >= 4 is 5.91 Å². The summed E-state index contributed by atoms with van der Waals surface area (Å²) in [6.45, 7) is 6.29. The molecule has 1 saturated heterocycles. The van der Waals surface area contributed by atoms with E-state index < -0.39 is 0 Å². The van der Waals surface area contributed by atoms with Crippen molar-refractivity contribution in [2.75, 3.05) is 13.1 Å². The van der Waals surface area contributed by atoms with Crippen LogP contribution in [0.2, 0.25) is 0 Å². The maximum atomic E-state index is 12.4. The van der Waals surface area contributed by atoms with E-state index >= 15 is 0 Å². The Morgan fingerprint density at radius 2 is 1.86 bits per heavy atom. The van der Waals surface area contributed by atoms with Crippen LogP contribution >= 0.6 is 0 Å². The Balaban J connectivity index is 1.78. The monoisotopic (exact) mass is 288 g/mol. The third-order valence-electron chi connectivity index (χ3n) is 4.70. The summed E-state index contributed by atoms with van der Waals surface area (Å²) in [7, 11) is 0. The molecule has 2 rings (SSSR count). The number of rotatable bonds is 5. The molecule has 1 aliphatic heterocycles. The zero-order valence-corrected chi connectivity index (χ0v) is 13.3. The van der Waals surface area contributed by atoms with Crippen molar-refractivity contribution in [2.45, 2.75) is 45.6 Å². The molecular formula is C18H28N2O. The SMILES string of the molecule is CC(C)C1CCN(C(=O)C(N)CCc2ccccc2)CC1. The van der Waals surface area contributed by atoms with Crippen molar-refractivity contribution in [1.29, 1.82) is 0 Å². The number of carbonyl (C=O) groups excluding carboxylic acids is 1. The first-order valence-electron chi connectivity index (χ1n) is 8.16. The molecule has 0 aromatic heterocycles. The van der Waals surface area contributed by atoms with E-state index in [1.807, 2.05) is 23.1 Å². The van der Waals surface area contributed by atoms with Crippen molar-refractivity contribution < 1.29 is 4.79 Å². The van der Waals surface area contributed by atoms with Crippen LogP contribution in [0.4, 0.5) is 0 Å². The number of hydrogen-bond acceptors (Lipinski definition) is 2. The minimum atomic E-state index is -0.360. The number of amides is 1. The van der Waals surface area contributed by atoms with Gasteiger partial charge in [0.25, 0.3) is 0 Å².